The molecule has 242 valence electrons. The zero-order chi connectivity index (χ0) is 32.0. The van der Waals surface area contributed by atoms with Crippen molar-refractivity contribution in [1.82, 2.24) is 25.4 Å². The molecule has 2 aliphatic carbocycles. The van der Waals surface area contributed by atoms with E-state index in [1.807, 2.05) is 69.4 Å². The molecule has 5 rings (SSSR count). The molecule has 2 amide bonds. The van der Waals surface area contributed by atoms with Crippen LogP contribution in [0.3, 0.4) is 0 Å². The average Bonchev–Trinajstić information content (AvgIpc) is 3.32. The van der Waals surface area contributed by atoms with E-state index in [1.54, 1.807) is 6.20 Å². The Bertz CT molecular complexity index is 1360. The Balaban J connectivity index is 1.28. The van der Waals surface area contributed by atoms with Crippen LogP contribution >= 0.6 is 0 Å². The van der Waals surface area contributed by atoms with Gasteiger partial charge in [-0.15, -0.1) is 0 Å². The maximum absolute atomic E-state index is 13.8. The summed E-state index contributed by atoms with van der Waals surface area (Å²) in [7, 11) is 0. The van der Waals surface area contributed by atoms with Crippen LogP contribution in [-0.4, -0.2) is 92.8 Å². The van der Waals surface area contributed by atoms with Gasteiger partial charge in [-0.25, -0.2) is 0 Å². The summed E-state index contributed by atoms with van der Waals surface area (Å²) in [5, 5.41) is 28.6. The van der Waals surface area contributed by atoms with Crippen LogP contribution in [0.5, 0.6) is 0 Å². The van der Waals surface area contributed by atoms with Crippen molar-refractivity contribution >= 4 is 11.8 Å². The van der Waals surface area contributed by atoms with Gasteiger partial charge in [0, 0.05) is 63.0 Å². The highest BCUT2D eigenvalue weighted by molar-refractivity contribution is 5.83. The fraction of sp³-hybridized carbons (Fsp3) is 0.528. The van der Waals surface area contributed by atoms with Gasteiger partial charge in [-0.2, -0.15) is 0 Å². The number of allylic oxidation sites excluding steroid dienone is 2. The van der Waals surface area contributed by atoms with Gasteiger partial charge in [0.25, 0.3) is 0 Å². The lowest BCUT2D eigenvalue weighted by atomic mass is 9.91. The molecule has 1 saturated heterocycles. The molecule has 1 fully saturated rings. The van der Waals surface area contributed by atoms with Gasteiger partial charge in [0.05, 0.1) is 18.2 Å². The normalized spacial score (nSPS) is 23.8. The Labute approximate surface area is 267 Å². The fourth-order valence-corrected chi connectivity index (χ4v) is 6.86. The van der Waals surface area contributed by atoms with Crippen LogP contribution in [0.4, 0.5) is 0 Å². The number of benzene rings is 1. The number of amides is 2. The van der Waals surface area contributed by atoms with Crippen molar-refractivity contribution in [2.45, 2.75) is 89.3 Å². The third-order valence-corrected chi connectivity index (χ3v) is 9.00. The molecule has 9 nitrogen and oxygen atoms in total. The minimum absolute atomic E-state index is 0.0648. The molecule has 0 bridgehead atoms. The zero-order valence-corrected chi connectivity index (χ0v) is 26.9. The molecule has 0 radical (unpaired) electrons. The summed E-state index contributed by atoms with van der Waals surface area (Å²) in [6.45, 7) is 8.79. The number of piperazine rings is 1. The monoisotopic (exact) mass is 615 g/mol. The molecule has 0 saturated carbocycles. The molecule has 5 atom stereocenters. The van der Waals surface area contributed by atoms with E-state index in [0.717, 1.165) is 41.7 Å². The number of aliphatic hydroxyl groups is 2. The Kier molecular flexibility index (Phi) is 10.9. The van der Waals surface area contributed by atoms with Gasteiger partial charge in [-0.1, -0.05) is 48.6 Å². The summed E-state index contributed by atoms with van der Waals surface area (Å²) in [5.41, 5.74) is 3.97. The maximum atomic E-state index is 13.8. The van der Waals surface area contributed by atoms with E-state index in [4.69, 9.17) is 0 Å². The topological polar surface area (TPSA) is 118 Å². The van der Waals surface area contributed by atoms with Crippen molar-refractivity contribution in [3.63, 3.8) is 0 Å². The first-order valence-electron chi connectivity index (χ1n) is 16.3. The van der Waals surface area contributed by atoms with Crippen molar-refractivity contribution < 1.29 is 19.8 Å². The Morgan fingerprint density at radius 1 is 1.09 bits per heavy atom. The van der Waals surface area contributed by atoms with Crippen LogP contribution < -0.4 is 10.6 Å². The van der Waals surface area contributed by atoms with Gasteiger partial charge in [0.1, 0.15) is 6.04 Å². The van der Waals surface area contributed by atoms with Crippen LogP contribution in [0.2, 0.25) is 0 Å². The number of hydrogen-bond donors (Lipinski definition) is 4. The van der Waals surface area contributed by atoms with Gasteiger partial charge >= 0.3 is 0 Å². The second-order valence-corrected chi connectivity index (χ2v) is 13.9. The van der Waals surface area contributed by atoms with Crippen molar-refractivity contribution in [2.75, 3.05) is 26.2 Å². The Morgan fingerprint density at radius 3 is 2.60 bits per heavy atom. The molecule has 45 heavy (non-hydrogen) atoms. The van der Waals surface area contributed by atoms with E-state index in [9.17, 15) is 19.8 Å². The predicted molar refractivity (Wildman–Crippen MR) is 175 cm³/mol. The molecule has 1 aromatic carbocycles. The Morgan fingerprint density at radius 2 is 1.87 bits per heavy atom. The van der Waals surface area contributed by atoms with E-state index < -0.39 is 30.2 Å². The number of aromatic nitrogens is 1. The van der Waals surface area contributed by atoms with E-state index >= 15 is 0 Å². The number of carbonyl (C=O) groups is 2. The number of hydrogen-bond acceptors (Lipinski definition) is 7. The molecule has 3 aliphatic rings. The van der Waals surface area contributed by atoms with Gasteiger partial charge in [0.15, 0.2) is 0 Å². The number of nitrogens with zero attached hydrogens (tertiary/aromatic N) is 3. The first-order valence-corrected chi connectivity index (χ1v) is 16.3. The van der Waals surface area contributed by atoms with Crippen molar-refractivity contribution in [2.24, 2.45) is 5.92 Å². The predicted octanol–water partition coefficient (Wildman–Crippen LogP) is 2.99. The van der Waals surface area contributed by atoms with Crippen LogP contribution in [0.15, 0.2) is 78.2 Å². The molecular formula is C36H49N5O4. The molecule has 1 aliphatic heterocycles. The maximum Gasteiger partial charge on any atom is 0.239 e. The SMILES string of the molecule is CC(C)(C)NC(=O)[C@@H]1CN(Cc2cccnc2)CCN1C[C@@H](O)C[C@@H](Cc1ccccc1)C(=O)N[C@@H]1C2=C(C=CCC2)C[C@H]1O. The van der Waals surface area contributed by atoms with Gasteiger partial charge in [0.2, 0.25) is 11.8 Å². The summed E-state index contributed by atoms with van der Waals surface area (Å²) in [4.78, 5) is 35.9. The Hall–Kier alpha value is -3.37. The lowest BCUT2D eigenvalue weighted by Crippen LogP contribution is -2.62. The quantitative estimate of drug-likeness (QED) is 0.307. The molecule has 2 aromatic rings. The number of nitrogens with one attached hydrogen (secondary N) is 2. The van der Waals surface area contributed by atoms with Crippen molar-refractivity contribution in [3.8, 4) is 0 Å². The standard InChI is InChI=1S/C36H49N5O4/c1-36(2,3)39-35(45)31-24-40(22-26-12-9-15-37-21-26)16-17-41(31)23-29(42)19-28(18-25-10-5-4-6-11-25)34(44)38-33-30-14-8-7-13-27(30)20-32(33)43/h4-7,9-13,15,21,28-29,31-33,42-43H,8,14,16-20,22-24H2,1-3H3,(H,38,44)(H,39,45)/t28-,29+,31+,32-,33-/m1/s1. The molecule has 1 aromatic heterocycles. The largest absolute Gasteiger partial charge is 0.392 e. The van der Waals surface area contributed by atoms with E-state index in [1.165, 1.54) is 0 Å². The van der Waals surface area contributed by atoms with E-state index in [0.29, 0.717) is 32.5 Å². The second kappa shape index (κ2) is 14.8. The van der Waals surface area contributed by atoms with Gasteiger partial charge in [-0.3, -0.25) is 24.4 Å². The summed E-state index contributed by atoms with van der Waals surface area (Å²) in [6, 6.07) is 13.0. The molecular weight excluding hydrogens is 566 g/mol. The van der Waals surface area contributed by atoms with E-state index in [2.05, 4.69) is 37.6 Å². The minimum atomic E-state index is -0.819. The lowest BCUT2D eigenvalue weighted by Gasteiger charge is -2.42. The summed E-state index contributed by atoms with van der Waals surface area (Å²) in [5.74, 6) is -0.717. The minimum Gasteiger partial charge on any atom is -0.392 e. The first kappa shape index (κ1) is 33.0. The van der Waals surface area contributed by atoms with Gasteiger partial charge < -0.3 is 20.8 Å². The third kappa shape index (κ3) is 9.10. The zero-order valence-electron chi connectivity index (χ0n) is 26.9. The van der Waals surface area contributed by atoms with Crippen molar-refractivity contribution in [3.05, 3.63) is 89.3 Å². The van der Waals surface area contributed by atoms with E-state index in [-0.39, 0.29) is 30.3 Å². The van der Waals surface area contributed by atoms with Crippen LogP contribution in [0, 0.1) is 5.92 Å². The highest BCUT2D eigenvalue weighted by atomic mass is 16.3. The molecule has 4 N–H and O–H groups in total. The number of pyridine rings is 1. The highest BCUT2D eigenvalue weighted by Crippen LogP contribution is 2.34. The molecule has 0 spiro atoms. The summed E-state index contributed by atoms with van der Waals surface area (Å²) < 4.78 is 0. The smallest absolute Gasteiger partial charge is 0.239 e. The van der Waals surface area contributed by atoms with Crippen LogP contribution in [-0.2, 0) is 22.6 Å². The van der Waals surface area contributed by atoms with Crippen LogP contribution in [0.25, 0.3) is 0 Å². The van der Waals surface area contributed by atoms with Crippen molar-refractivity contribution in [1.29, 1.82) is 0 Å². The number of aliphatic hydroxyl groups excluding tert-OH is 2. The lowest BCUT2D eigenvalue weighted by molar-refractivity contribution is -0.132. The van der Waals surface area contributed by atoms with Crippen LogP contribution in [0.1, 0.15) is 57.6 Å². The average molecular weight is 616 g/mol. The number of β-amino-alcohol motifs (C(OH)–C–C–N with tert-alkyl or cyclic N) is 1. The number of carbonyl (C=O) groups excluding carboxylic acids is 2. The summed E-state index contributed by atoms with van der Waals surface area (Å²) >= 11 is 0. The molecule has 0 unspecified atom stereocenters. The first-order chi connectivity index (χ1) is 21.6. The van der Waals surface area contributed by atoms with Gasteiger partial charge in [-0.05, 0) is 74.8 Å². The number of rotatable bonds is 11. The highest BCUT2D eigenvalue weighted by Gasteiger charge is 2.38. The molecule has 2 heterocycles. The molecule has 9 heteroatoms. The second-order valence-electron chi connectivity index (χ2n) is 13.9. The fourth-order valence-electron chi connectivity index (χ4n) is 6.86. The summed E-state index contributed by atoms with van der Waals surface area (Å²) in [6.07, 6.45) is 9.36. The third-order valence-electron chi connectivity index (χ3n) is 9.00.